The molecule has 0 fully saturated rings. The monoisotopic (exact) mass is 390 g/mol. The summed E-state index contributed by atoms with van der Waals surface area (Å²) in [7, 11) is 0. The normalized spacial score (nSPS) is 10.7. The molecule has 0 spiro atoms. The minimum absolute atomic E-state index is 0.105. The Morgan fingerprint density at radius 1 is 1.04 bits per heavy atom. The first kappa shape index (κ1) is 17.6. The van der Waals surface area contributed by atoms with Gasteiger partial charge in [-0.05, 0) is 42.0 Å². The van der Waals surface area contributed by atoms with E-state index in [1.807, 2.05) is 54.8 Å². The Labute approximate surface area is 166 Å². The summed E-state index contributed by atoms with van der Waals surface area (Å²) in [4.78, 5) is 18.1. The van der Waals surface area contributed by atoms with Gasteiger partial charge in [-0.2, -0.15) is 11.3 Å². The molecule has 0 atom stereocenters. The maximum atomic E-state index is 12.9. The molecule has 27 heavy (non-hydrogen) atoms. The lowest BCUT2D eigenvalue weighted by Gasteiger charge is -2.11. The van der Waals surface area contributed by atoms with Crippen molar-refractivity contribution in [3.8, 4) is 10.6 Å². The number of aromatic nitrogens is 1. The predicted molar refractivity (Wildman–Crippen MR) is 114 cm³/mol. The zero-order chi connectivity index (χ0) is 18.6. The van der Waals surface area contributed by atoms with Gasteiger partial charge in [0.05, 0.1) is 5.69 Å². The SMILES string of the molecule is Cc1nc(-c2ccsc2)sc1C(=O)Nc1ccccc1Cc1ccccc1. The third kappa shape index (κ3) is 3.99. The second-order valence-corrected chi connectivity index (χ2v) is 8.00. The molecular formula is C22H18N2OS2. The van der Waals surface area contributed by atoms with E-state index in [0.717, 1.165) is 33.9 Å². The Hall–Kier alpha value is -2.76. The maximum Gasteiger partial charge on any atom is 0.267 e. The lowest BCUT2D eigenvalue weighted by molar-refractivity contribution is 0.102. The molecule has 4 aromatic rings. The summed E-state index contributed by atoms with van der Waals surface area (Å²) in [6.45, 7) is 1.89. The fourth-order valence-electron chi connectivity index (χ4n) is 2.91. The molecule has 3 nitrogen and oxygen atoms in total. The molecule has 0 saturated carbocycles. The summed E-state index contributed by atoms with van der Waals surface area (Å²) >= 11 is 3.07. The van der Waals surface area contributed by atoms with Gasteiger partial charge in [0.25, 0.3) is 5.91 Å². The van der Waals surface area contributed by atoms with E-state index in [1.165, 1.54) is 16.9 Å². The minimum Gasteiger partial charge on any atom is -0.321 e. The molecule has 0 aliphatic carbocycles. The Morgan fingerprint density at radius 2 is 1.81 bits per heavy atom. The van der Waals surface area contributed by atoms with Crippen LogP contribution >= 0.6 is 22.7 Å². The number of para-hydroxylation sites is 1. The Kier molecular flexibility index (Phi) is 5.14. The molecule has 2 aromatic heterocycles. The third-order valence-corrected chi connectivity index (χ3v) is 6.16. The molecule has 2 aromatic carbocycles. The van der Waals surface area contributed by atoms with Crippen LogP contribution in [0.3, 0.4) is 0 Å². The number of hydrogen-bond acceptors (Lipinski definition) is 4. The average molecular weight is 391 g/mol. The van der Waals surface area contributed by atoms with Crippen molar-refractivity contribution in [3.63, 3.8) is 0 Å². The van der Waals surface area contributed by atoms with Gasteiger partial charge >= 0.3 is 0 Å². The van der Waals surface area contributed by atoms with Gasteiger partial charge in [0.2, 0.25) is 0 Å². The molecule has 5 heteroatoms. The quantitative estimate of drug-likeness (QED) is 0.452. The first-order valence-corrected chi connectivity index (χ1v) is 10.4. The molecule has 0 aliphatic heterocycles. The summed E-state index contributed by atoms with van der Waals surface area (Å²) in [5.41, 5.74) is 4.98. The van der Waals surface area contributed by atoms with Crippen molar-refractivity contribution in [2.45, 2.75) is 13.3 Å². The van der Waals surface area contributed by atoms with E-state index < -0.39 is 0 Å². The molecule has 0 aliphatic rings. The van der Waals surface area contributed by atoms with E-state index in [2.05, 4.69) is 33.9 Å². The summed E-state index contributed by atoms with van der Waals surface area (Å²) in [5.74, 6) is -0.105. The van der Waals surface area contributed by atoms with E-state index in [9.17, 15) is 4.79 Å². The van der Waals surface area contributed by atoms with E-state index >= 15 is 0 Å². The van der Waals surface area contributed by atoms with Crippen molar-refractivity contribution in [2.75, 3.05) is 5.32 Å². The van der Waals surface area contributed by atoms with Gasteiger partial charge in [0.1, 0.15) is 9.88 Å². The molecule has 0 radical (unpaired) electrons. The highest BCUT2D eigenvalue weighted by Crippen LogP contribution is 2.30. The van der Waals surface area contributed by atoms with E-state index in [-0.39, 0.29) is 5.91 Å². The third-order valence-electron chi connectivity index (χ3n) is 4.27. The molecule has 0 unspecified atom stereocenters. The molecule has 2 heterocycles. The second kappa shape index (κ2) is 7.86. The lowest BCUT2D eigenvalue weighted by atomic mass is 10.0. The van der Waals surface area contributed by atoms with E-state index in [1.54, 1.807) is 11.3 Å². The first-order valence-electron chi connectivity index (χ1n) is 8.64. The number of anilines is 1. The largest absolute Gasteiger partial charge is 0.321 e. The first-order chi connectivity index (χ1) is 13.2. The highest BCUT2D eigenvalue weighted by atomic mass is 32.1. The number of carbonyl (C=O) groups is 1. The summed E-state index contributed by atoms with van der Waals surface area (Å²) in [5, 5.41) is 8.04. The molecule has 0 saturated heterocycles. The highest BCUT2D eigenvalue weighted by molar-refractivity contribution is 7.17. The minimum atomic E-state index is -0.105. The van der Waals surface area contributed by atoms with Crippen LogP contribution < -0.4 is 5.32 Å². The number of nitrogens with one attached hydrogen (secondary N) is 1. The Bertz CT molecular complexity index is 1050. The van der Waals surface area contributed by atoms with Gasteiger partial charge in [-0.15, -0.1) is 11.3 Å². The smallest absolute Gasteiger partial charge is 0.267 e. The Balaban J connectivity index is 1.57. The van der Waals surface area contributed by atoms with Crippen LogP contribution in [0.1, 0.15) is 26.5 Å². The van der Waals surface area contributed by atoms with Gasteiger partial charge in [-0.1, -0.05) is 48.5 Å². The fourth-order valence-corrected chi connectivity index (χ4v) is 4.58. The number of aryl methyl sites for hydroxylation is 1. The topological polar surface area (TPSA) is 42.0 Å². The standard InChI is InChI=1S/C22H18N2OS2/c1-15-20(27-22(23-15)18-11-12-26-14-18)21(25)24-19-10-6-5-9-17(19)13-16-7-3-2-4-8-16/h2-12,14H,13H2,1H3,(H,24,25). The van der Waals surface area contributed by atoms with Crippen LogP contribution in [-0.4, -0.2) is 10.9 Å². The van der Waals surface area contributed by atoms with Gasteiger partial charge < -0.3 is 5.32 Å². The van der Waals surface area contributed by atoms with Crippen molar-refractivity contribution < 1.29 is 4.79 Å². The number of hydrogen-bond donors (Lipinski definition) is 1. The van der Waals surface area contributed by atoms with Crippen molar-refractivity contribution in [2.24, 2.45) is 0 Å². The van der Waals surface area contributed by atoms with Gasteiger partial charge in [0.15, 0.2) is 0 Å². The fraction of sp³-hybridized carbons (Fsp3) is 0.0909. The Morgan fingerprint density at radius 3 is 2.59 bits per heavy atom. The molecule has 0 bridgehead atoms. The zero-order valence-corrected chi connectivity index (χ0v) is 16.4. The van der Waals surface area contributed by atoms with Crippen LogP contribution in [0.25, 0.3) is 10.6 Å². The molecule has 4 rings (SSSR count). The molecule has 1 amide bonds. The number of thiophene rings is 1. The summed E-state index contributed by atoms with van der Waals surface area (Å²) in [6.07, 6.45) is 0.777. The zero-order valence-electron chi connectivity index (χ0n) is 14.8. The number of rotatable bonds is 5. The van der Waals surface area contributed by atoms with Gasteiger partial charge in [0, 0.05) is 16.6 Å². The molecule has 134 valence electrons. The average Bonchev–Trinajstić information content (AvgIpc) is 3.34. The van der Waals surface area contributed by atoms with Crippen molar-refractivity contribution in [1.29, 1.82) is 0 Å². The van der Waals surface area contributed by atoms with Gasteiger partial charge in [-0.25, -0.2) is 4.98 Å². The summed E-state index contributed by atoms with van der Waals surface area (Å²) in [6, 6.07) is 20.2. The van der Waals surface area contributed by atoms with Crippen molar-refractivity contribution in [1.82, 2.24) is 4.98 Å². The number of carbonyl (C=O) groups excluding carboxylic acids is 1. The molecule has 1 N–H and O–H groups in total. The predicted octanol–water partition coefficient (Wildman–Crippen LogP) is 6.02. The number of thiazole rings is 1. The number of nitrogens with zero attached hydrogens (tertiary/aromatic N) is 1. The van der Waals surface area contributed by atoms with Crippen LogP contribution in [0.15, 0.2) is 71.4 Å². The lowest BCUT2D eigenvalue weighted by Crippen LogP contribution is -2.13. The molecular weight excluding hydrogens is 372 g/mol. The number of benzene rings is 2. The van der Waals surface area contributed by atoms with Crippen molar-refractivity contribution >= 4 is 34.3 Å². The van der Waals surface area contributed by atoms with E-state index in [4.69, 9.17) is 0 Å². The van der Waals surface area contributed by atoms with Crippen LogP contribution in [0, 0.1) is 6.92 Å². The van der Waals surface area contributed by atoms with Gasteiger partial charge in [-0.3, -0.25) is 4.79 Å². The summed E-state index contributed by atoms with van der Waals surface area (Å²) < 4.78 is 0. The maximum absolute atomic E-state index is 12.9. The van der Waals surface area contributed by atoms with Crippen LogP contribution in [-0.2, 0) is 6.42 Å². The van der Waals surface area contributed by atoms with E-state index in [0.29, 0.717) is 4.88 Å². The van der Waals surface area contributed by atoms with Crippen molar-refractivity contribution in [3.05, 3.63) is 93.1 Å². The van der Waals surface area contributed by atoms with Crippen LogP contribution in [0.2, 0.25) is 0 Å². The highest BCUT2D eigenvalue weighted by Gasteiger charge is 2.17. The number of amides is 1. The van der Waals surface area contributed by atoms with Crippen LogP contribution in [0.4, 0.5) is 5.69 Å². The van der Waals surface area contributed by atoms with Crippen LogP contribution in [0.5, 0.6) is 0 Å². The second-order valence-electron chi connectivity index (χ2n) is 6.22.